The summed E-state index contributed by atoms with van der Waals surface area (Å²) in [4.78, 5) is 30.8. The van der Waals surface area contributed by atoms with Gasteiger partial charge in [0, 0.05) is 38.1 Å². The Hall–Kier alpha value is -3.99. The summed E-state index contributed by atoms with van der Waals surface area (Å²) in [6.07, 6.45) is 1.34. The van der Waals surface area contributed by atoms with Crippen LogP contribution < -0.4 is 16.0 Å². The van der Waals surface area contributed by atoms with Crippen molar-refractivity contribution >= 4 is 46.2 Å². The zero-order valence-electron chi connectivity index (χ0n) is 21.0. The summed E-state index contributed by atoms with van der Waals surface area (Å²) in [6, 6.07) is 8.99. The lowest BCUT2D eigenvalue weighted by Gasteiger charge is -2.28. The number of anilines is 1. The highest BCUT2D eigenvalue weighted by molar-refractivity contribution is 6.31. The first kappa shape index (κ1) is 28.6. The molecular formula is C26H29ClF2N6O3. The molecule has 0 saturated carbocycles. The number of nitrogens with zero attached hydrogens (tertiary/aromatic N) is 2. The average Bonchev–Trinajstić information content (AvgIpc) is 2.89. The molecular weight excluding hydrogens is 518 g/mol. The van der Waals surface area contributed by atoms with E-state index in [-0.39, 0.29) is 29.8 Å². The highest BCUT2D eigenvalue weighted by Gasteiger charge is 2.23. The van der Waals surface area contributed by atoms with Gasteiger partial charge < -0.3 is 20.3 Å². The minimum Gasteiger partial charge on any atom is -0.447 e. The van der Waals surface area contributed by atoms with E-state index in [9.17, 15) is 18.4 Å². The van der Waals surface area contributed by atoms with Crippen molar-refractivity contribution in [2.45, 2.75) is 32.4 Å². The van der Waals surface area contributed by atoms with E-state index in [1.807, 2.05) is 6.92 Å². The number of urea groups is 1. The number of amides is 3. The minimum atomic E-state index is -0.805. The third-order valence-corrected chi connectivity index (χ3v) is 6.19. The second-order valence-electron chi connectivity index (χ2n) is 8.47. The second-order valence-corrected chi connectivity index (χ2v) is 8.85. The molecule has 2 aromatic carbocycles. The van der Waals surface area contributed by atoms with Crippen LogP contribution in [0.25, 0.3) is 10.8 Å². The van der Waals surface area contributed by atoms with Crippen molar-refractivity contribution in [3.63, 3.8) is 0 Å². The van der Waals surface area contributed by atoms with Gasteiger partial charge in [-0.2, -0.15) is 0 Å². The Bertz CT molecular complexity index is 1310. The van der Waals surface area contributed by atoms with Gasteiger partial charge in [-0.25, -0.2) is 23.4 Å². The third kappa shape index (κ3) is 8.01. The summed E-state index contributed by atoms with van der Waals surface area (Å²) in [6.45, 7) is 2.27. The van der Waals surface area contributed by atoms with Crippen LogP contribution in [0.4, 0.5) is 24.2 Å². The number of hydrogen-bond acceptors (Lipinski definition) is 5. The molecule has 0 saturated heterocycles. The Morgan fingerprint density at radius 1 is 1.16 bits per heavy atom. The van der Waals surface area contributed by atoms with Crippen molar-refractivity contribution < 1.29 is 23.1 Å². The van der Waals surface area contributed by atoms with Gasteiger partial charge in [0.1, 0.15) is 24.1 Å². The van der Waals surface area contributed by atoms with Gasteiger partial charge >= 0.3 is 12.1 Å². The molecule has 1 aromatic heterocycles. The van der Waals surface area contributed by atoms with Gasteiger partial charge in [0.15, 0.2) is 0 Å². The van der Waals surface area contributed by atoms with Gasteiger partial charge in [0.25, 0.3) is 0 Å². The molecule has 12 heteroatoms. The monoisotopic (exact) mass is 546 g/mol. The first-order valence-electron chi connectivity index (χ1n) is 11.9. The summed E-state index contributed by atoms with van der Waals surface area (Å²) in [5, 5.41) is 17.3. The van der Waals surface area contributed by atoms with Crippen LogP contribution in [0, 0.1) is 17.0 Å². The number of benzene rings is 2. The predicted octanol–water partition coefficient (Wildman–Crippen LogP) is 5.29. The fraction of sp³-hybridized carbons (Fsp3) is 0.308. The van der Waals surface area contributed by atoms with Gasteiger partial charge in [-0.3, -0.25) is 10.7 Å². The number of aromatic nitrogens is 1. The molecule has 3 amide bonds. The zero-order valence-corrected chi connectivity index (χ0v) is 21.7. The molecule has 0 fully saturated rings. The van der Waals surface area contributed by atoms with E-state index in [1.54, 1.807) is 12.1 Å². The number of likely N-dealkylation sites (N-methyl/N-ethyl adjacent to an activating group) is 1. The second kappa shape index (κ2) is 13.5. The first-order valence-corrected chi connectivity index (χ1v) is 12.3. The van der Waals surface area contributed by atoms with E-state index in [1.165, 1.54) is 48.5 Å². The van der Waals surface area contributed by atoms with Crippen LogP contribution in [0.3, 0.4) is 0 Å². The highest BCUT2D eigenvalue weighted by Crippen LogP contribution is 2.20. The number of hydrogen-bond donors (Lipinski definition) is 4. The lowest BCUT2D eigenvalue weighted by molar-refractivity contribution is 0.114. The number of halogens is 3. The molecule has 3 aromatic rings. The molecule has 0 spiro atoms. The Morgan fingerprint density at radius 2 is 1.95 bits per heavy atom. The highest BCUT2D eigenvalue weighted by atomic mass is 35.5. The summed E-state index contributed by atoms with van der Waals surface area (Å²) < 4.78 is 32.6. The summed E-state index contributed by atoms with van der Waals surface area (Å²) in [5.74, 6) is -0.534. The van der Waals surface area contributed by atoms with E-state index >= 15 is 0 Å². The Kier molecular flexibility index (Phi) is 10.2. The lowest BCUT2D eigenvalue weighted by atomic mass is 10.1. The molecule has 1 heterocycles. The molecule has 1 atom stereocenters. The van der Waals surface area contributed by atoms with Crippen LogP contribution in [0.5, 0.6) is 0 Å². The fourth-order valence-electron chi connectivity index (χ4n) is 3.64. The van der Waals surface area contributed by atoms with Crippen LogP contribution >= 0.6 is 11.6 Å². The Labute approximate surface area is 224 Å². The van der Waals surface area contributed by atoms with Crippen molar-refractivity contribution in [3.05, 3.63) is 70.9 Å². The van der Waals surface area contributed by atoms with E-state index in [2.05, 4.69) is 20.9 Å². The standard InChI is InChI=1S/C26H29ClF2N6O3/c1-3-31-22(30)10-9-20(35(2)25(36)33-14-17-5-4-6-21(29)24(17)27)15-38-26(37)34-23-12-18-11-19(28)8-7-16(18)13-32-23/h4-8,11-13,20H,3,9-10,14-15H2,1-2H3,(H2,30,31)(H,33,36)(H,32,34,37)/t20-/m0/s1. The first-order chi connectivity index (χ1) is 18.2. The summed E-state index contributed by atoms with van der Waals surface area (Å²) >= 11 is 5.97. The smallest absolute Gasteiger partial charge is 0.412 e. The van der Waals surface area contributed by atoms with Crippen molar-refractivity contribution in [2.75, 3.05) is 25.5 Å². The number of amidine groups is 1. The van der Waals surface area contributed by atoms with Gasteiger partial charge in [0.05, 0.1) is 16.9 Å². The minimum absolute atomic E-state index is 0.00470. The van der Waals surface area contributed by atoms with E-state index in [0.29, 0.717) is 35.7 Å². The largest absolute Gasteiger partial charge is 0.447 e. The van der Waals surface area contributed by atoms with Crippen LogP contribution in [-0.2, 0) is 11.3 Å². The molecule has 3 rings (SSSR count). The summed E-state index contributed by atoms with van der Waals surface area (Å²) in [5.41, 5.74) is 0.414. The van der Waals surface area contributed by atoms with Crippen molar-refractivity contribution in [1.82, 2.24) is 20.5 Å². The number of pyridine rings is 1. The Morgan fingerprint density at radius 3 is 2.71 bits per heavy atom. The molecule has 0 aliphatic carbocycles. The predicted molar refractivity (Wildman–Crippen MR) is 143 cm³/mol. The quantitative estimate of drug-likeness (QED) is 0.203. The number of ether oxygens (including phenoxy) is 1. The maximum Gasteiger partial charge on any atom is 0.412 e. The molecule has 0 bridgehead atoms. The number of carbonyl (C=O) groups is 2. The van der Waals surface area contributed by atoms with Gasteiger partial charge in [-0.15, -0.1) is 0 Å². The zero-order chi connectivity index (χ0) is 27.7. The topological polar surface area (TPSA) is 119 Å². The van der Waals surface area contributed by atoms with E-state index in [4.69, 9.17) is 21.7 Å². The maximum atomic E-state index is 13.7. The number of nitrogens with one attached hydrogen (secondary N) is 4. The number of rotatable bonds is 10. The van der Waals surface area contributed by atoms with Crippen molar-refractivity contribution in [3.8, 4) is 0 Å². The molecule has 0 aliphatic heterocycles. The molecule has 202 valence electrons. The SMILES string of the molecule is CCNC(=N)CC[C@@H](COC(=O)Nc1cc2cc(F)ccc2cn1)N(C)C(=O)NCc1cccc(F)c1Cl. The van der Waals surface area contributed by atoms with Crippen LogP contribution in [0.2, 0.25) is 5.02 Å². The number of fused-ring (bicyclic) bond motifs is 1. The maximum absolute atomic E-state index is 13.7. The normalized spacial score (nSPS) is 11.5. The molecule has 0 radical (unpaired) electrons. The van der Waals surface area contributed by atoms with Crippen molar-refractivity contribution in [2.24, 2.45) is 0 Å². The molecule has 9 nitrogen and oxygen atoms in total. The molecule has 0 unspecified atom stereocenters. The van der Waals surface area contributed by atoms with Crippen molar-refractivity contribution in [1.29, 1.82) is 5.41 Å². The summed E-state index contributed by atoms with van der Waals surface area (Å²) in [7, 11) is 1.53. The number of carbonyl (C=O) groups excluding carboxylic acids is 2. The van der Waals surface area contributed by atoms with Crippen LogP contribution in [0.1, 0.15) is 25.3 Å². The van der Waals surface area contributed by atoms with Gasteiger partial charge in [0.2, 0.25) is 0 Å². The molecule has 0 aliphatic rings. The van der Waals surface area contributed by atoms with Gasteiger partial charge in [-0.1, -0.05) is 23.7 Å². The van der Waals surface area contributed by atoms with Crippen LogP contribution in [-0.4, -0.2) is 54.1 Å². The third-order valence-electron chi connectivity index (χ3n) is 5.77. The van der Waals surface area contributed by atoms with Gasteiger partial charge in [-0.05, 0) is 54.6 Å². The molecule has 4 N–H and O–H groups in total. The molecule has 38 heavy (non-hydrogen) atoms. The Balaban J connectivity index is 1.62. The van der Waals surface area contributed by atoms with E-state index in [0.717, 1.165) is 0 Å². The average molecular weight is 547 g/mol. The van der Waals surface area contributed by atoms with E-state index < -0.39 is 29.8 Å². The lowest BCUT2D eigenvalue weighted by Crippen LogP contribution is -2.46. The fourth-order valence-corrected chi connectivity index (χ4v) is 3.83. The van der Waals surface area contributed by atoms with Crippen LogP contribution in [0.15, 0.2) is 48.7 Å².